The molecule has 1 heterocycles. The van der Waals surface area contributed by atoms with E-state index in [4.69, 9.17) is 0 Å². The molecule has 1 rings (SSSR count). The minimum Gasteiger partial charge on any atom is -0.339 e. The Morgan fingerprint density at radius 1 is 1.75 bits per heavy atom. The molecule has 1 aliphatic rings. The molecule has 0 spiro atoms. The second kappa shape index (κ2) is 4.42. The number of nitrogens with zero attached hydrogens (tertiary/aromatic N) is 1. The Balaban J connectivity index is 2.34. The summed E-state index contributed by atoms with van der Waals surface area (Å²) >= 11 is 0. The van der Waals surface area contributed by atoms with Crippen molar-refractivity contribution in [3.63, 3.8) is 0 Å². The molecule has 0 aromatic carbocycles. The number of rotatable bonds is 3. The van der Waals surface area contributed by atoms with Crippen molar-refractivity contribution in [2.45, 2.75) is 13.0 Å². The summed E-state index contributed by atoms with van der Waals surface area (Å²) in [5.74, 6) is 0.211. The molecule has 4 nitrogen and oxygen atoms in total. The van der Waals surface area contributed by atoms with Crippen LogP contribution in [0, 0.1) is 0 Å². The standard InChI is InChI=1S/C8H17N3O/c1-7(9-2)6-11-4-3-10-5-8(11)12/h7,9-10H,3-6H2,1-2H3. The first-order valence-electron chi connectivity index (χ1n) is 4.40. The van der Waals surface area contributed by atoms with E-state index in [1.165, 1.54) is 0 Å². The maximum absolute atomic E-state index is 11.3. The summed E-state index contributed by atoms with van der Waals surface area (Å²) in [6.07, 6.45) is 0. The van der Waals surface area contributed by atoms with E-state index >= 15 is 0 Å². The number of carbonyl (C=O) groups is 1. The van der Waals surface area contributed by atoms with Crippen molar-refractivity contribution in [1.82, 2.24) is 15.5 Å². The lowest BCUT2D eigenvalue weighted by molar-refractivity contribution is -0.132. The van der Waals surface area contributed by atoms with Gasteiger partial charge in [-0.15, -0.1) is 0 Å². The predicted octanol–water partition coefficient (Wildman–Crippen LogP) is -0.974. The van der Waals surface area contributed by atoms with Crippen LogP contribution in [0.1, 0.15) is 6.92 Å². The van der Waals surface area contributed by atoms with E-state index in [2.05, 4.69) is 17.6 Å². The molecule has 0 radical (unpaired) electrons. The fraction of sp³-hybridized carbons (Fsp3) is 0.875. The second-order valence-electron chi connectivity index (χ2n) is 3.21. The minimum atomic E-state index is 0.211. The molecule has 1 saturated heterocycles. The van der Waals surface area contributed by atoms with Crippen molar-refractivity contribution in [3.8, 4) is 0 Å². The molecule has 1 unspecified atom stereocenters. The van der Waals surface area contributed by atoms with Gasteiger partial charge in [-0.2, -0.15) is 0 Å². The van der Waals surface area contributed by atoms with Crippen LogP contribution in [0.2, 0.25) is 0 Å². The van der Waals surface area contributed by atoms with Crippen LogP contribution in [0.3, 0.4) is 0 Å². The summed E-state index contributed by atoms with van der Waals surface area (Å²) in [4.78, 5) is 13.2. The van der Waals surface area contributed by atoms with Gasteiger partial charge in [0.05, 0.1) is 6.54 Å². The molecular weight excluding hydrogens is 154 g/mol. The maximum atomic E-state index is 11.3. The highest BCUT2D eigenvalue weighted by Crippen LogP contribution is 1.95. The molecule has 70 valence electrons. The molecular formula is C8H17N3O. The van der Waals surface area contributed by atoms with Crippen molar-refractivity contribution in [2.24, 2.45) is 0 Å². The van der Waals surface area contributed by atoms with Gasteiger partial charge in [-0.25, -0.2) is 0 Å². The van der Waals surface area contributed by atoms with Gasteiger partial charge in [-0.3, -0.25) is 4.79 Å². The first-order valence-corrected chi connectivity index (χ1v) is 4.40. The van der Waals surface area contributed by atoms with Crippen molar-refractivity contribution in [2.75, 3.05) is 33.2 Å². The smallest absolute Gasteiger partial charge is 0.236 e. The monoisotopic (exact) mass is 171 g/mol. The zero-order valence-electron chi connectivity index (χ0n) is 7.76. The maximum Gasteiger partial charge on any atom is 0.236 e. The summed E-state index contributed by atoms with van der Waals surface area (Å²) < 4.78 is 0. The SMILES string of the molecule is CNC(C)CN1CCNCC1=O. The molecule has 1 fully saturated rings. The van der Waals surface area contributed by atoms with Crippen LogP contribution in [0.5, 0.6) is 0 Å². The average Bonchev–Trinajstić information content (AvgIpc) is 2.09. The Morgan fingerprint density at radius 3 is 3.08 bits per heavy atom. The number of amides is 1. The van der Waals surface area contributed by atoms with Crippen LogP contribution < -0.4 is 10.6 Å². The highest BCUT2D eigenvalue weighted by molar-refractivity contribution is 5.79. The highest BCUT2D eigenvalue weighted by atomic mass is 16.2. The van der Waals surface area contributed by atoms with Gasteiger partial charge in [0.15, 0.2) is 0 Å². The Kier molecular flexibility index (Phi) is 3.49. The molecule has 1 amide bonds. The fourth-order valence-corrected chi connectivity index (χ4v) is 1.26. The van der Waals surface area contributed by atoms with Crippen LogP contribution >= 0.6 is 0 Å². The molecule has 0 saturated carbocycles. The van der Waals surface area contributed by atoms with Gasteiger partial charge in [-0.1, -0.05) is 0 Å². The van der Waals surface area contributed by atoms with Gasteiger partial charge in [0.1, 0.15) is 0 Å². The van der Waals surface area contributed by atoms with Gasteiger partial charge in [0.2, 0.25) is 5.91 Å². The lowest BCUT2D eigenvalue weighted by Crippen LogP contribution is -2.51. The van der Waals surface area contributed by atoms with Crippen LogP contribution in [0.4, 0.5) is 0 Å². The third-order valence-electron chi connectivity index (χ3n) is 2.17. The fourth-order valence-electron chi connectivity index (χ4n) is 1.26. The van der Waals surface area contributed by atoms with E-state index in [0.29, 0.717) is 12.6 Å². The normalized spacial score (nSPS) is 21.2. The first-order chi connectivity index (χ1) is 5.74. The zero-order valence-corrected chi connectivity index (χ0v) is 7.76. The molecule has 0 bridgehead atoms. The molecule has 12 heavy (non-hydrogen) atoms. The van der Waals surface area contributed by atoms with Crippen LogP contribution in [-0.2, 0) is 4.79 Å². The third kappa shape index (κ3) is 2.46. The van der Waals surface area contributed by atoms with Gasteiger partial charge < -0.3 is 15.5 Å². The van der Waals surface area contributed by atoms with Crippen molar-refractivity contribution in [3.05, 3.63) is 0 Å². The summed E-state index contributed by atoms with van der Waals surface area (Å²) in [5, 5.41) is 6.16. The van der Waals surface area contributed by atoms with Crippen LogP contribution in [-0.4, -0.2) is 50.1 Å². The Bertz CT molecular complexity index is 160. The minimum absolute atomic E-state index is 0.211. The lowest BCUT2D eigenvalue weighted by Gasteiger charge is -2.29. The van der Waals surface area contributed by atoms with E-state index < -0.39 is 0 Å². The number of nitrogens with one attached hydrogen (secondary N) is 2. The molecule has 1 aliphatic heterocycles. The van der Waals surface area contributed by atoms with E-state index in [9.17, 15) is 4.79 Å². The summed E-state index contributed by atoms with van der Waals surface area (Å²) in [6.45, 7) is 5.15. The Morgan fingerprint density at radius 2 is 2.50 bits per heavy atom. The topological polar surface area (TPSA) is 44.4 Å². The predicted molar refractivity (Wildman–Crippen MR) is 48.0 cm³/mol. The first kappa shape index (κ1) is 9.48. The van der Waals surface area contributed by atoms with Crippen molar-refractivity contribution >= 4 is 5.91 Å². The largest absolute Gasteiger partial charge is 0.339 e. The molecule has 0 aliphatic carbocycles. The quantitative estimate of drug-likeness (QED) is 0.574. The Labute approximate surface area is 73.3 Å². The van der Waals surface area contributed by atoms with E-state index in [0.717, 1.165) is 19.6 Å². The molecule has 4 heteroatoms. The summed E-state index contributed by atoms with van der Waals surface area (Å²) in [5.41, 5.74) is 0. The average molecular weight is 171 g/mol. The van der Waals surface area contributed by atoms with Gasteiger partial charge in [0.25, 0.3) is 0 Å². The van der Waals surface area contributed by atoms with Crippen molar-refractivity contribution in [1.29, 1.82) is 0 Å². The van der Waals surface area contributed by atoms with E-state index in [1.54, 1.807) is 0 Å². The zero-order chi connectivity index (χ0) is 8.97. The highest BCUT2D eigenvalue weighted by Gasteiger charge is 2.18. The second-order valence-corrected chi connectivity index (χ2v) is 3.21. The summed E-state index contributed by atoms with van der Waals surface area (Å²) in [7, 11) is 1.91. The van der Waals surface area contributed by atoms with E-state index in [-0.39, 0.29) is 5.91 Å². The van der Waals surface area contributed by atoms with Crippen molar-refractivity contribution < 1.29 is 4.79 Å². The van der Waals surface area contributed by atoms with Gasteiger partial charge in [0, 0.05) is 25.7 Å². The number of carbonyl (C=O) groups excluding carboxylic acids is 1. The van der Waals surface area contributed by atoms with Gasteiger partial charge >= 0.3 is 0 Å². The summed E-state index contributed by atoms with van der Waals surface area (Å²) in [6, 6.07) is 0.382. The number of likely N-dealkylation sites (N-methyl/N-ethyl adjacent to an activating group) is 1. The molecule has 0 aromatic rings. The number of piperazine rings is 1. The van der Waals surface area contributed by atoms with Crippen LogP contribution in [0.15, 0.2) is 0 Å². The Hall–Kier alpha value is -0.610. The number of hydrogen-bond acceptors (Lipinski definition) is 3. The van der Waals surface area contributed by atoms with E-state index in [1.807, 2.05) is 11.9 Å². The lowest BCUT2D eigenvalue weighted by atomic mass is 10.2. The molecule has 2 N–H and O–H groups in total. The van der Waals surface area contributed by atoms with Gasteiger partial charge in [-0.05, 0) is 14.0 Å². The third-order valence-corrected chi connectivity index (χ3v) is 2.17. The number of hydrogen-bond donors (Lipinski definition) is 2. The van der Waals surface area contributed by atoms with Crippen LogP contribution in [0.25, 0.3) is 0 Å². The molecule has 0 aromatic heterocycles. The molecule has 1 atom stereocenters.